The van der Waals surface area contributed by atoms with Gasteiger partial charge >= 0.3 is 6.03 Å². The SMILES string of the molecule is CC1C=CC=CC1[C@H](C)NC(=O)Nc1ccc(-c2ccc3c(c2)sc2c(N)ncnc23)cc1. The number of rotatable bonds is 4. The summed E-state index contributed by atoms with van der Waals surface area (Å²) in [6.07, 6.45) is 9.91. The molecular weight excluding hydrogens is 430 g/mol. The third kappa shape index (κ3) is 4.19. The first kappa shape index (κ1) is 21.2. The van der Waals surface area contributed by atoms with Crippen LogP contribution in [0, 0.1) is 11.8 Å². The van der Waals surface area contributed by atoms with Crippen LogP contribution in [-0.2, 0) is 0 Å². The van der Waals surface area contributed by atoms with Gasteiger partial charge in [-0.15, -0.1) is 11.3 Å². The summed E-state index contributed by atoms with van der Waals surface area (Å²) in [6, 6.07) is 14.0. The van der Waals surface area contributed by atoms with Crippen molar-refractivity contribution in [2.75, 3.05) is 11.1 Å². The van der Waals surface area contributed by atoms with Crippen molar-refractivity contribution >= 4 is 49.2 Å². The molecule has 6 nitrogen and oxygen atoms in total. The van der Waals surface area contributed by atoms with Gasteiger partial charge in [0.25, 0.3) is 0 Å². The largest absolute Gasteiger partial charge is 0.382 e. The van der Waals surface area contributed by atoms with Gasteiger partial charge in [0.2, 0.25) is 0 Å². The van der Waals surface area contributed by atoms with Crippen molar-refractivity contribution in [1.82, 2.24) is 15.3 Å². The van der Waals surface area contributed by atoms with E-state index < -0.39 is 0 Å². The summed E-state index contributed by atoms with van der Waals surface area (Å²) < 4.78 is 2.03. The van der Waals surface area contributed by atoms with E-state index in [1.807, 2.05) is 37.3 Å². The number of hydrogen-bond donors (Lipinski definition) is 3. The Hall–Kier alpha value is -3.71. The molecule has 2 amide bonds. The van der Waals surface area contributed by atoms with Gasteiger partial charge in [-0.25, -0.2) is 14.8 Å². The van der Waals surface area contributed by atoms with Crippen LogP contribution < -0.4 is 16.4 Å². The van der Waals surface area contributed by atoms with Crippen LogP contribution in [0.2, 0.25) is 0 Å². The van der Waals surface area contributed by atoms with Gasteiger partial charge < -0.3 is 16.4 Å². The maximum atomic E-state index is 12.5. The maximum Gasteiger partial charge on any atom is 0.319 e. The van der Waals surface area contributed by atoms with E-state index in [1.165, 1.54) is 6.33 Å². The first-order valence-corrected chi connectivity index (χ1v) is 11.8. The number of hydrogen-bond acceptors (Lipinski definition) is 5. The van der Waals surface area contributed by atoms with Gasteiger partial charge in [0.05, 0.1) is 10.2 Å². The second kappa shape index (κ2) is 8.67. The second-order valence-corrected chi connectivity index (χ2v) is 9.47. The molecule has 0 saturated carbocycles. The Morgan fingerprint density at radius 3 is 2.61 bits per heavy atom. The van der Waals surface area contributed by atoms with Crippen molar-refractivity contribution in [3.05, 3.63) is 73.1 Å². The molecule has 5 rings (SSSR count). The van der Waals surface area contributed by atoms with E-state index in [2.05, 4.69) is 64.0 Å². The third-order valence-corrected chi connectivity index (χ3v) is 7.32. The number of nitrogens with zero attached hydrogens (tertiary/aromatic N) is 2. The molecule has 4 N–H and O–H groups in total. The Labute approximate surface area is 196 Å². The Balaban J connectivity index is 1.29. The number of allylic oxidation sites excluding steroid dienone is 3. The van der Waals surface area contributed by atoms with Crippen LogP contribution >= 0.6 is 11.3 Å². The second-order valence-electron chi connectivity index (χ2n) is 8.42. The van der Waals surface area contributed by atoms with Gasteiger partial charge in [0, 0.05) is 27.7 Å². The van der Waals surface area contributed by atoms with Crippen molar-refractivity contribution in [2.24, 2.45) is 11.8 Å². The van der Waals surface area contributed by atoms with E-state index in [1.54, 1.807) is 11.3 Å². The Morgan fingerprint density at radius 2 is 1.82 bits per heavy atom. The molecule has 0 saturated heterocycles. The van der Waals surface area contributed by atoms with E-state index >= 15 is 0 Å². The lowest BCUT2D eigenvalue weighted by Gasteiger charge is -2.27. The van der Waals surface area contributed by atoms with Crippen molar-refractivity contribution in [2.45, 2.75) is 19.9 Å². The molecule has 166 valence electrons. The lowest BCUT2D eigenvalue weighted by atomic mass is 9.85. The molecule has 1 aliphatic rings. The monoisotopic (exact) mass is 455 g/mol. The Morgan fingerprint density at radius 1 is 1.06 bits per heavy atom. The molecule has 0 fully saturated rings. The summed E-state index contributed by atoms with van der Waals surface area (Å²) >= 11 is 1.60. The topological polar surface area (TPSA) is 92.9 Å². The lowest BCUT2D eigenvalue weighted by Crippen LogP contribution is -2.42. The normalized spacial score (nSPS) is 18.5. The van der Waals surface area contributed by atoms with E-state index in [0.717, 1.165) is 37.1 Å². The van der Waals surface area contributed by atoms with Crippen LogP contribution in [0.4, 0.5) is 16.3 Å². The van der Waals surface area contributed by atoms with Gasteiger partial charge in [0.15, 0.2) is 0 Å². The van der Waals surface area contributed by atoms with E-state index in [0.29, 0.717) is 11.7 Å². The van der Waals surface area contributed by atoms with Crippen LogP contribution in [0.1, 0.15) is 13.8 Å². The predicted molar refractivity (Wildman–Crippen MR) is 137 cm³/mol. The maximum absolute atomic E-state index is 12.5. The van der Waals surface area contributed by atoms with Crippen LogP contribution in [0.3, 0.4) is 0 Å². The standard InChI is InChI=1S/C26H25N5OS/c1-15-5-3-4-6-20(15)16(2)30-26(32)31-19-10-7-17(8-11-19)18-9-12-21-22(13-18)33-24-23(21)28-14-29-25(24)27/h3-16,20H,1-2H3,(H2,27,28,29)(H2,30,31,32)/t15?,16-,20?/m0/s1. The Bertz CT molecular complexity index is 1390. The highest BCUT2D eigenvalue weighted by atomic mass is 32.1. The number of nitrogens with one attached hydrogen (secondary N) is 2. The summed E-state index contributed by atoms with van der Waals surface area (Å²) in [6.45, 7) is 4.20. The number of thiophene rings is 1. The number of carbonyl (C=O) groups is 1. The minimum Gasteiger partial charge on any atom is -0.382 e. The van der Waals surface area contributed by atoms with Crippen LogP contribution in [0.15, 0.2) is 73.1 Å². The zero-order valence-electron chi connectivity index (χ0n) is 18.4. The molecule has 7 heteroatoms. The molecule has 2 heterocycles. The van der Waals surface area contributed by atoms with Crippen LogP contribution in [0.5, 0.6) is 0 Å². The molecule has 1 aliphatic carbocycles. The number of benzene rings is 2. The molecule has 0 radical (unpaired) electrons. The smallest absolute Gasteiger partial charge is 0.319 e. The molecular formula is C26H25N5OS. The molecule has 0 bridgehead atoms. The van der Waals surface area contributed by atoms with E-state index in [-0.39, 0.29) is 18.0 Å². The highest BCUT2D eigenvalue weighted by Crippen LogP contribution is 2.37. The minimum absolute atomic E-state index is 0.0345. The molecule has 2 aromatic carbocycles. The number of nitrogen functional groups attached to an aromatic ring is 1. The fraction of sp³-hybridized carbons (Fsp3) is 0.192. The van der Waals surface area contributed by atoms with Crippen molar-refractivity contribution in [3.8, 4) is 11.1 Å². The van der Waals surface area contributed by atoms with Crippen molar-refractivity contribution < 1.29 is 4.79 Å². The highest BCUT2D eigenvalue weighted by Gasteiger charge is 2.22. The Kier molecular flexibility index (Phi) is 5.56. The van der Waals surface area contributed by atoms with E-state index in [4.69, 9.17) is 5.73 Å². The average Bonchev–Trinajstić information content (AvgIpc) is 3.19. The minimum atomic E-state index is -0.198. The molecule has 0 aliphatic heterocycles. The van der Waals surface area contributed by atoms with Crippen molar-refractivity contribution in [3.63, 3.8) is 0 Å². The van der Waals surface area contributed by atoms with Gasteiger partial charge in [0.1, 0.15) is 12.1 Å². The quantitative estimate of drug-likeness (QED) is 0.353. The van der Waals surface area contributed by atoms with E-state index in [9.17, 15) is 4.79 Å². The number of anilines is 2. The number of amides is 2. The van der Waals surface area contributed by atoms with Crippen LogP contribution in [-0.4, -0.2) is 22.0 Å². The number of carbonyl (C=O) groups excluding carboxylic acids is 1. The van der Waals surface area contributed by atoms with Gasteiger partial charge in [-0.05, 0) is 42.2 Å². The van der Waals surface area contributed by atoms with Crippen molar-refractivity contribution in [1.29, 1.82) is 0 Å². The number of urea groups is 1. The molecule has 0 spiro atoms. The lowest BCUT2D eigenvalue weighted by molar-refractivity contribution is 0.244. The summed E-state index contributed by atoms with van der Waals surface area (Å²) in [7, 11) is 0. The first-order chi connectivity index (χ1) is 16.0. The van der Waals surface area contributed by atoms with Gasteiger partial charge in [-0.2, -0.15) is 0 Å². The molecule has 3 atom stereocenters. The average molecular weight is 456 g/mol. The molecule has 4 aromatic rings. The fourth-order valence-electron chi connectivity index (χ4n) is 4.35. The molecule has 2 unspecified atom stereocenters. The predicted octanol–water partition coefficient (Wildman–Crippen LogP) is 5.98. The highest BCUT2D eigenvalue weighted by molar-refractivity contribution is 7.26. The van der Waals surface area contributed by atoms with Gasteiger partial charge in [-0.3, -0.25) is 0 Å². The van der Waals surface area contributed by atoms with Gasteiger partial charge in [-0.1, -0.05) is 55.5 Å². The molecule has 2 aromatic heterocycles. The first-order valence-electron chi connectivity index (χ1n) is 11.0. The summed E-state index contributed by atoms with van der Waals surface area (Å²) in [4.78, 5) is 21.0. The third-order valence-electron chi connectivity index (χ3n) is 6.16. The number of aromatic nitrogens is 2. The zero-order chi connectivity index (χ0) is 22.9. The summed E-state index contributed by atoms with van der Waals surface area (Å²) in [5.74, 6) is 1.19. The number of fused-ring (bicyclic) bond motifs is 3. The summed E-state index contributed by atoms with van der Waals surface area (Å²) in [5.41, 5.74) is 9.83. The molecule has 33 heavy (non-hydrogen) atoms. The fourth-order valence-corrected chi connectivity index (χ4v) is 5.44. The number of nitrogens with two attached hydrogens (primary N) is 1. The van der Waals surface area contributed by atoms with Crippen LogP contribution in [0.25, 0.3) is 31.4 Å². The zero-order valence-corrected chi connectivity index (χ0v) is 19.3. The summed E-state index contributed by atoms with van der Waals surface area (Å²) in [5, 5.41) is 7.08.